The van der Waals surface area contributed by atoms with Crippen molar-refractivity contribution in [3.8, 4) is 0 Å². The van der Waals surface area contributed by atoms with Crippen LogP contribution in [0.5, 0.6) is 0 Å². The zero-order valence-corrected chi connectivity index (χ0v) is 12.3. The molecule has 0 aliphatic carbocycles. The minimum atomic E-state index is -3.24. The summed E-state index contributed by atoms with van der Waals surface area (Å²) in [4.78, 5) is 0. The Labute approximate surface area is 110 Å². The molecule has 0 aliphatic heterocycles. The van der Waals surface area contributed by atoms with Crippen molar-refractivity contribution in [2.24, 2.45) is 5.41 Å². The summed E-state index contributed by atoms with van der Waals surface area (Å²) in [6.45, 7) is 6.10. The molecule has 1 aromatic rings. The van der Waals surface area contributed by atoms with Crippen LogP contribution in [-0.2, 0) is 16.6 Å². The molecule has 0 amide bonds. The van der Waals surface area contributed by atoms with E-state index >= 15 is 0 Å². The van der Waals surface area contributed by atoms with Gasteiger partial charge in [0.05, 0.1) is 5.75 Å². The van der Waals surface area contributed by atoms with Crippen molar-refractivity contribution in [1.82, 2.24) is 4.31 Å². The Balaban J connectivity index is 2.79. The third-order valence-electron chi connectivity index (χ3n) is 2.45. The summed E-state index contributed by atoms with van der Waals surface area (Å²) in [6.07, 6.45) is 0. The Bertz CT molecular complexity index is 504. The molecule has 0 saturated heterocycles. The van der Waals surface area contributed by atoms with Crippen LogP contribution in [0, 0.1) is 5.41 Å². The Hall–Kier alpha value is -1.07. The molecule has 1 aromatic carbocycles. The van der Waals surface area contributed by atoms with Crippen LogP contribution in [0.25, 0.3) is 0 Å². The van der Waals surface area contributed by atoms with Gasteiger partial charge in [0.25, 0.3) is 0 Å². The average molecular weight is 270 g/mol. The number of nitrogen functional groups attached to an aromatic ring is 1. The number of hydrogen-bond acceptors (Lipinski definition) is 3. The van der Waals surface area contributed by atoms with Gasteiger partial charge in [0.1, 0.15) is 0 Å². The van der Waals surface area contributed by atoms with Gasteiger partial charge in [-0.3, -0.25) is 0 Å². The molecule has 0 saturated carbocycles. The fourth-order valence-electron chi connectivity index (χ4n) is 1.70. The van der Waals surface area contributed by atoms with Crippen molar-refractivity contribution in [2.45, 2.75) is 27.3 Å². The number of nitrogens with two attached hydrogens (primary N) is 1. The van der Waals surface area contributed by atoms with Crippen LogP contribution in [0.15, 0.2) is 24.3 Å². The molecule has 5 heteroatoms. The van der Waals surface area contributed by atoms with Crippen LogP contribution in [0.2, 0.25) is 0 Å². The maximum Gasteiger partial charge on any atom is 0.214 e. The quantitative estimate of drug-likeness (QED) is 0.852. The summed E-state index contributed by atoms with van der Waals surface area (Å²) in [5, 5.41) is 0. The van der Waals surface area contributed by atoms with Gasteiger partial charge in [0.15, 0.2) is 0 Å². The van der Waals surface area contributed by atoms with E-state index in [2.05, 4.69) is 0 Å². The molecular formula is C13H22N2O2S. The molecule has 0 aliphatic rings. The minimum absolute atomic E-state index is 0.138. The first-order valence-electron chi connectivity index (χ1n) is 5.89. The lowest BCUT2D eigenvalue weighted by atomic mass is 10.0. The van der Waals surface area contributed by atoms with Crippen molar-refractivity contribution in [3.63, 3.8) is 0 Å². The van der Waals surface area contributed by atoms with Gasteiger partial charge >= 0.3 is 0 Å². The average Bonchev–Trinajstić information content (AvgIpc) is 2.13. The predicted octanol–water partition coefficient (Wildman–Crippen LogP) is 2.08. The lowest BCUT2D eigenvalue weighted by molar-refractivity contribution is 0.420. The number of anilines is 1. The molecule has 18 heavy (non-hydrogen) atoms. The van der Waals surface area contributed by atoms with Crippen molar-refractivity contribution in [2.75, 3.05) is 18.5 Å². The highest BCUT2D eigenvalue weighted by molar-refractivity contribution is 7.89. The molecule has 0 fully saturated rings. The SMILES string of the molecule is CN(Cc1cccc(N)c1)S(=O)(=O)CC(C)(C)C. The van der Waals surface area contributed by atoms with Crippen LogP contribution in [0.1, 0.15) is 26.3 Å². The summed E-state index contributed by atoms with van der Waals surface area (Å²) in [6, 6.07) is 7.28. The normalized spacial score (nSPS) is 12.9. The standard InChI is InChI=1S/C13H22N2O2S/c1-13(2,3)10-18(16,17)15(4)9-11-6-5-7-12(14)8-11/h5-8H,9-10,14H2,1-4H3. The third kappa shape index (κ3) is 4.66. The number of nitrogens with zero attached hydrogens (tertiary/aromatic N) is 1. The second-order valence-electron chi connectivity index (χ2n) is 5.82. The van der Waals surface area contributed by atoms with Crippen molar-refractivity contribution in [3.05, 3.63) is 29.8 Å². The highest BCUT2D eigenvalue weighted by Gasteiger charge is 2.25. The van der Waals surface area contributed by atoms with Crippen LogP contribution in [0.4, 0.5) is 5.69 Å². The molecule has 0 unspecified atom stereocenters. The van der Waals surface area contributed by atoms with Gasteiger partial charge in [0, 0.05) is 19.3 Å². The molecule has 0 spiro atoms. The van der Waals surface area contributed by atoms with E-state index in [-0.39, 0.29) is 11.2 Å². The maximum absolute atomic E-state index is 12.1. The van der Waals surface area contributed by atoms with Gasteiger partial charge < -0.3 is 5.73 Å². The largest absolute Gasteiger partial charge is 0.399 e. The molecule has 0 bridgehead atoms. The molecule has 0 radical (unpaired) electrons. The summed E-state index contributed by atoms with van der Waals surface area (Å²) in [7, 11) is -1.64. The van der Waals surface area contributed by atoms with E-state index in [4.69, 9.17) is 5.73 Å². The second kappa shape index (κ2) is 5.28. The fraction of sp³-hybridized carbons (Fsp3) is 0.538. The Kier molecular flexibility index (Phi) is 4.40. The molecule has 0 heterocycles. The van der Waals surface area contributed by atoms with E-state index in [1.807, 2.05) is 32.9 Å². The number of hydrogen-bond donors (Lipinski definition) is 1. The minimum Gasteiger partial charge on any atom is -0.399 e. The van der Waals surface area contributed by atoms with Crippen LogP contribution in [0.3, 0.4) is 0 Å². The van der Waals surface area contributed by atoms with Gasteiger partial charge in [-0.05, 0) is 23.1 Å². The van der Waals surface area contributed by atoms with E-state index in [0.717, 1.165) is 5.56 Å². The number of sulfonamides is 1. The fourth-order valence-corrected chi connectivity index (χ4v) is 3.36. The Morgan fingerprint density at radius 1 is 1.28 bits per heavy atom. The molecule has 102 valence electrons. The summed E-state index contributed by atoms with van der Waals surface area (Å²) < 4.78 is 25.6. The summed E-state index contributed by atoms with van der Waals surface area (Å²) in [5.41, 5.74) is 6.98. The Morgan fingerprint density at radius 3 is 2.39 bits per heavy atom. The van der Waals surface area contributed by atoms with Gasteiger partial charge in [-0.2, -0.15) is 0 Å². The van der Waals surface area contributed by atoms with E-state index in [1.165, 1.54) is 4.31 Å². The monoisotopic (exact) mass is 270 g/mol. The van der Waals surface area contributed by atoms with E-state index < -0.39 is 10.0 Å². The molecule has 0 aromatic heterocycles. The number of benzene rings is 1. The van der Waals surface area contributed by atoms with Gasteiger partial charge in [-0.15, -0.1) is 0 Å². The zero-order valence-electron chi connectivity index (χ0n) is 11.5. The molecule has 0 atom stereocenters. The first kappa shape index (κ1) is 15.0. The van der Waals surface area contributed by atoms with Gasteiger partial charge in [0.2, 0.25) is 10.0 Å². The van der Waals surface area contributed by atoms with Crippen molar-refractivity contribution < 1.29 is 8.42 Å². The van der Waals surface area contributed by atoms with E-state index in [0.29, 0.717) is 12.2 Å². The maximum atomic E-state index is 12.1. The van der Waals surface area contributed by atoms with Crippen LogP contribution in [-0.4, -0.2) is 25.5 Å². The highest BCUT2D eigenvalue weighted by atomic mass is 32.2. The highest BCUT2D eigenvalue weighted by Crippen LogP contribution is 2.19. The Morgan fingerprint density at radius 2 is 1.89 bits per heavy atom. The second-order valence-corrected chi connectivity index (χ2v) is 7.89. The summed E-state index contributed by atoms with van der Waals surface area (Å²) in [5.74, 6) is 0.138. The molecule has 1 rings (SSSR count). The molecule has 2 N–H and O–H groups in total. The molecule has 4 nitrogen and oxygen atoms in total. The smallest absolute Gasteiger partial charge is 0.214 e. The topological polar surface area (TPSA) is 63.4 Å². The molecular weight excluding hydrogens is 248 g/mol. The predicted molar refractivity (Wildman–Crippen MR) is 75.6 cm³/mol. The van der Waals surface area contributed by atoms with Crippen LogP contribution < -0.4 is 5.73 Å². The van der Waals surface area contributed by atoms with Crippen molar-refractivity contribution in [1.29, 1.82) is 0 Å². The van der Waals surface area contributed by atoms with E-state index in [9.17, 15) is 8.42 Å². The zero-order chi connectivity index (χ0) is 14.0. The van der Waals surface area contributed by atoms with Crippen LogP contribution >= 0.6 is 0 Å². The van der Waals surface area contributed by atoms with E-state index in [1.54, 1.807) is 19.2 Å². The lowest BCUT2D eigenvalue weighted by Gasteiger charge is -2.23. The van der Waals surface area contributed by atoms with Crippen molar-refractivity contribution >= 4 is 15.7 Å². The first-order valence-corrected chi connectivity index (χ1v) is 7.49. The third-order valence-corrected chi connectivity index (χ3v) is 4.76. The van der Waals surface area contributed by atoms with Gasteiger partial charge in [-0.1, -0.05) is 32.9 Å². The first-order chi connectivity index (χ1) is 8.10. The summed E-state index contributed by atoms with van der Waals surface area (Å²) >= 11 is 0. The number of rotatable bonds is 4. The van der Waals surface area contributed by atoms with Gasteiger partial charge in [-0.25, -0.2) is 12.7 Å². The lowest BCUT2D eigenvalue weighted by Crippen LogP contribution is -2.33.